The SMILES string of the molecule is C[C@H](O)CN(Cc1c(F)ccc(C(F)(F)F)c1F)c1cccc(Oc2ccccc2)c1. The van der Waals surface area contributed by atoms with Crippen LogP contribution in [0.5, 0.6) is 11.5 Å². The van der Waals surface area contributed by atoms with Crippen LogP contribution in [-0.4, -0.2) is 17.8 Å². The summed E-state index contributed by atoms with van der Waals surface area (Å²) in [6.07, 6.45) is -5.86. The number of alkyl halides is 3. The fraction of sp³-hybridized carbons (Fsp3) is 0.217. The van der Waals surface area contributed by atoms with Crippen molar-refractivity contribution in [2.45, 2.75) is 25.7 Å². The van der Waals surface area contributed by atoms with Crippen LogP contribution in [0.1, 0.15) is 18.1 Å². The van der Waals surface area contributed by atoms with E-state index in [1.807, 2.05) is 6.07 Å². The highest BCUT2D eigenvalue weighted by Gasteiger charge is 2.36. The zero-order chi connectivity index (χ0) is 22.6. The van der Waals surface area contributed by atoms with Crippen molar-refractivity contribution >= 4 is 5.69 Å². The molecule has 0 aliphatic rings. The van der Waals surface area contributed by atoms with Gasteiger partial charge in [-0.2, -0.15) is 13.2 Å². The smallest absolute Gasteiger partial charge is 0.419 e. The molecule has 3 nitrogen and oxygen atoms in total. The van der Waals surface area contributed by atoms with E-state index in [9.17, 15) is 27.1 Å². The normalized spacial score (nSPS) is 12.5. The monoisotopic (exact) mass is 437 g/mol. The molecule has 0 aliphatic heterocycles. The van der Waals surface area contributed by atoms with E-state index in [1.165, 1.54) is 11.8 Å². The molecule has 3 aromatic rings. The summed E-state index contributed by atoms with van der Waals surface area (Å²) in [5.41, 5.74) is -1.85. The van der Waals surface area contributed by atoms with E-state index in [1.54, 1.807) is 48.5 Å². The van der Waals surface area contributed by atoms with Crippen molar-refractivity contribution in [2.24, 2.45) is 0 Å². The van der Waals surface area contributed by atoms with Crippen LogP contribution in [0.25, 0.3) is 0 Å². The van der Waals surface area contributed by atoms with Crippen molar-refractivity contribution in [2.75, 3.05) is 11.4 Å². The molecule has 0 saturated carbocycles. The lowest BCUT2D eigenvalue weighted by Crippen LogP contribution is -2.31. The Morgan fingerprint density at radius 3 is 2.26 bits per heavy atom. The average Bonchev–Trinajstić information content (AvgIpc) is 2.70. The molecular weight excluding hydrogens is 417 g/mol. The third kappa shape index (κ3) is 5.73. The molecule has 0 aromatic heterocycles. The van der Waals surface area contributed by atoms with Crippen molar-refractivity contribution in [3.05, 3.63) is 89.5 Å². The highest BCUT2D eigenvalue weighted by atomic mass is 19.4. The van der Waals surface area contributed by atoms with Gasteiger partial charge in [-0.1, -0.05) is 24.3 Å². The minimum Gasteiger partial charge on any atom is -0.457 e. The quantitative estimate of drug-likeness (QED) is 0.449. The summed E-state index contributed by atoms with van der Waals surface area (Å²) >= 11 is 0. The molecule has 0 saturated heterocycles. The summed E-state index contributed by atoms with van der Waals surface area (Å²) in [5, 5.41) is 9.85. The molecule has 0 fully saturated rings. The van der Waals surface area contributed by atoms with E-state index >= 15 is 0 Å². The summed E-state index contributed by atoms with van der Waals surface area (Å²) in [6.45, 7) is 0.890. The maximum atomic E-state index is 14.5. The van der Waals surface area contributed by atoms with Crippen LogP contribution in [-0.2, 0) is 12.7 Å². The topological polar surface area (TPSA) is 32.7 Å². The minimum atomic E-state index is -4.95. The molecule has 0 radical (unpaired) electrons. The van der Waals surface area contributed by atoms with Crippen LogP contribution in [0.4, 0.5) is 27.6 Å². The first-order valence-corrected chi connectivity index (χ1v) is 9.45. The van der Waals surface area contributed by atoms with Crippen LogP contribution in [0, 0.1) is 11.6 Å². The number of rotatable bonds is 7. The van der Waals surface area contributed by atoms with E-state index in [-0.39, 0.29) is 6.54 Å². The summed E-state index contributed by atoms with van der Waals surface area (Å²) in [6, 6.07) is 16.4. The summed E-state index contributed by atoms with van der Waals surface area (Å²) in [5.74, 6) is -1.78. The van der Waals surface area contributed by atoms with Crippen LogP contribution >= 0.6 is 0 Å². The van der Waals surface area contributed by atoms with Crippen LogP contribution in [0.2, 0.25) is 0 Å². The number of aliphatic hydroxyl groups is 1. The molecule has 0 spiro atoms. The Morgan fingerprint density at radius 1 is 0.935 bits per heavy atom. The fourth-order valence-corrected chi connectivity index (χ4v) is 3.10. The van der Waals surface area contributed by atoms with Crippen molar-refractivity contribution in [1.29, 1.82) is 0 Å². The summed E-state index contributed by atoms with van der Waals surface area (Å²) < 4.78 is 73.7. The number of hydrogen-bond donors (Lipinski definition) is 1. The number of aliphatic hydroxyl groups excluding tert-OH is 1. The fourth-order valence-electron chi connectivity index (χ4n) is 3.10. The lowest BCUT2D eigenvalue weighted by molar-refractivity contribution is -0.140. The molecule has 0 bridgehead atoms. The number of nitrogens with zero attached hydrogens (tertiary/aromatic N) is 1. The van der Waals surface area contributed by atoms with E-state index in [2.05, 4.69) is 0 Å². The Labute approximate surface area is 176 Å². The summed E-state index contributed by atoms with van der Waals surface area (Å²) in [4.78, 5) is 1.39. The molecule has 164 valence electrons. The van der Waals surface area contributed by atoms with Crippen molar-refractivity contribution in [3.8, 4) is 11.5 Å². The predicted octanol–water partition coefficient (Wildman–Crippen LogP) is 6.16. The Balaban J connectivity index is 1.94. The molecule has 0 heterocycles. The third-order valence-corrected chi connectivity index (χ3v) is 4.49. The zero-order valence-electron chi connectivity index (χ0n) is 16.5. The van der Waals surface area contributed by atoms with Gasteiger partial charge in [0.2, 0.25) is 0 Å². The Morgan fingerprint density at radius 2 is 1.61 bits per heavy atom. The second-order valence-corrected chi connectivity index (χ2v) is 7.03. The average molecular weight is 437 g/mol. The molecule has 3 rings (SSSR count). The number of anilines is 1. The maximum absolute atomic E-state index is 14.5. The second kappa shape index (κ2) is 9.34. The highest BCUT2D eigenvalue weighted by Crippen LogP contribution is 2.34. The first-order valence-electron chi connectivity index (χ1n) is 9.45. The molecular formula is C23H20F5NO2. The van der Waals surface area contributed by atoms with Gasteiger partial charge in [-0.25, -0.2) is 8.78 Å². The number of benzene rings is 3. The molecule has 0 aliphatic carbocycles. The van der Waals surface area contributed by atoms with Gasteiger partial charge in [-0.3, -0.25) is 0 Å². The van der Waals surface area contributed by atoms with Crippen LogP contribution in [0.3, 0.4) is 0 Å². The van der Waals surface area contributed by atoms with E-state index in [4.69, 9.17) is 4.74 Å². The zero-order valence-corrected chi connectivity index (χ0v) is 16.5. The van der Waals surface area contributed by atoms with Gasteiger partial charge in [0, 0.05) is 30.4 Å². The van der Waals surface area contributed by atoms with E-state index in [0.29, 0.717) is 29.3 Å². The van der Waals surface area contributed by atoms with Gasteiger partial charge in [0.1, 0.15) is 23.1 Å². The van der Waals surface area contributed by atoms with Crippen molar-refractivity contribution in [1.82, 2.24) is 0 Å². The van der Waals surface area contributed by atoms with Crippen LogP contribution in [0.15, 0.2) is 66.7 Å². The number of halogens is 5. The molecule has 8 heteroatoms. The number of ether oxygens (including phenoxy) is 1. The lowest BCUT2D eigenvalue weighted by Gasteiger charge is -2.27. The first kappa shape index (κ1) is 22.6. The van der Waals surface area contributed by atoms with Gasteiger partial charge < -0.3 is 14.7 Å². The van der Waals surface area contributed by atoms with Gasteiger partial charge in [0.15, 0.2) is 0 Å². The highest BCUT2D eigenvalue weighted by molar-refractivity contribution is 5.52. The molecule has 1 N–H and O–H groups in total. The second-order valence-electron chi connectivity index (χ2n) is 7.03. The number of para-hydroxylation sites is 1. The largest absolute Gasteiger partial charge is 0.457 e. The van der Waals surface area contributed by atoms with Gasteiger partial charge in [-0.15, -0.1) is 0 Å². The minimum absolute atomic E-state index is 0.0656. The van der Waals surface area contributed by atoms with Gasteiger partial charge in [-0.05, 0) is 43.3 Å². The molecule has 0 unspecified atom stereocenters. The summed E-state index contributed by atoms with van der Waals surface area (Å²) in [7, 11) is 0. The van der Waals surface area contributed by atoms with Gasteiger partial charge in [0.25, 0.3) is 0 Å². The Bertz CT molecular complexity index is 1020. The maximum Gasteiger partial charge on any atom is 0.419 e. The Kier molecular flexibility index (Phi) is 6.80. The third-order valence-electron chi connectivity index (χ3n) is 4.49. The molecule has 31 heavy (non-hydrogen) atoms. The molecule has 3 aromatic carbocycles. The van der Waals surface area contributed by atoms with Crippen LogP contribution < -0.4 is 9.64 Å². The number of hydrogen-bond acceptors (Lipinski definition) is 3. The lowest BCUT2D eigenvalue weighted by atomic mass is 10.1. The molecule has 1 atom stereocenters. The standard InChI is InChI=1S/C23H20F5NO2/c1-15(30)13-29(14-19-21(24)11-10-20(22(19)25)23(26,27)28)16-6-5-9-18(12-16)31-17-7-3-2-4-8-17/h2-12,15,30H,13-14H2,1H3/t15-/m0/s1. The van der Waals surface area contributed by atoms with Crippen molar-refractivity contribution < 1.29 is 31.8 Å². The van der Waals surface area contributed by atoms with E-state index in [0.717, 1.165) is 0 Å². The molecule has 0 amide bonds. The predicted molar refractivity (Wildman–Crippen MR) is 107 cm³/mol. The Hall–Kier alpha value is -3.13. The van der Waals surface area contributed by atoms with E-state index < -0.39 is 41.6 Å². The first-order chi connectivity index (χ1) is 14.6. The van der Waals surface area contributed by atoms with Gasteiger partial charge >= 0.3 is 6.18 Å². The van der Waals surface area contributed by atoms with Gasteiger partial charge in [0.05, 0.1) is 11.7 Å². The van der Waals surface area contributed by atoms with Crippen molar-refractivity contribution in [3.63, 3.8) is 0 Å².